The van der Waals surface area contributed by atoms with Crippen LogP contribution in [0.5, 0.6) is 0 Å². The van der Waals surface area contributed by atoms with Gasteiger partial charge in [0, 0.05) is 23.2 Å². The average molecular weight is 196 g/mol. The molecule has 0 aromatic heterocycles. The van der Waals surface area contributed by atoms with Gasteiger partial charge in [0.25, 0.3) is 0 Å². The number of ketones is 1. The summed E-state index contributed by atoms with van der Waals surface area (Å²) in [5.74, 6) is -0.0602. The van der Waals surface area contributed by atoms with Gasteiger partial charge in [-0.1, -0.05) is 17.7 Å². The van der Waals surface area contributed by atoms with Crippen LogP contribution in [0.3, 0.4) is 0 Å². The van der Waals surface area contributed by atoms with E-state index in [4.69, 9.17) is 17.0 Å². The normalized spacial score (nSPS) is 9.69. The second-order valence-electron chi connectivity index (χ2n) is 2.79. The van der Waals surface area contributed by atoms with Crippen LogP contribution >= 0.6 is 11.6 Å². The number of aryl methyl sites for hydroxylation is 1. The Bertz CT molecular complexity index is 347. The first kappa shape index (κ1) is 9.93. The van der Waals surface area contributed by atoms with Gasteiger partial charge in [-0.25, -0.2) is 0 Å². The summed E-state index contributed by atoms with van der Waals surface area (Å²) >= 11 is 5.75. The van der Waals surface area contributed by atoms with Gasteiger partial charge in [-0.3, -0.25) is 4.79 Å². The van der Waals surface area contributed by atoms with Crippen molar-refractivity contribution in [1.82, 2.24) is 0 Å². The Morgan fingerprint density at radius 2 is 2.31 bits per heavy atom. The van der Waals surface area contributed by atoms with Crippen molar-refractivity contribution in [2.45, 2.75) is 13.3 Å². The van der Waals surface area contributed by atoms with Crippen LogP contribution in [0, 0.1) is 12.3 Å². The number of Topliss-reactive ketones (excluding diaryl/α,β-unsaturated/α-hetero) is 1. The fourth-order valence-corrected chi connectivity index (χ4v) is 1.27. The van der Waals surface area contributed by atoms with Crippen LogP contribution in [0.25, 0.3) is 0 Å². The van der Waals surface area contributed by atoms with Gasteiger partial charge in [-0.05, 0) is 24.6 Å². The Morgan fingerprint density at radius 1 is 1.62 bits per heavy atom. The van der Waals surface area contributed by atoms with Crippen molar-refractivity contribution in [3.8, 4) is 0 Å². The van der Waals surface area contributed by atoms with Crippen molar-refractivity contribution in [2.75, 3.05) is 0 Å². The van der Waals surface area contributed by atoms with E-state index in [9.17, 15) is 4.79 Å². The van der Waals surface area contributed by atoms with E-state index in [1.807, 2.05) is 6.92 Å². The predicted octanol–water partition coefficient (Wildman–Crippen LogP) is 2.87. The number of hydrogen-bond donors (Lipinski definition) is 1. The number of carbonyl (C=O) groups excluding carboxylic acids is 1. The third kappa shape index (κ3) is 2.39. The summed E-state index contributed by atoms with van der Waals surface area (Å²) < 4.78 is 0. The molecule has 0 atom stereocenters. The highest BCUT2D eigenvalue weighted by molar-refractivity contribution is 6.31. The molecule has 0 amide bonds. The fourth-order valence-electron chi connectivity index (χ4n) is 1.10. The molecule has 0 saturated heterocycles. The minimum absolute atomic E-state index is 0.0602. The smallest absolute Gasteiger partial charge is 0.168 e. The molecule has 2 nitrogen and oxygen atoms in total. The fraction of sp³-hybridized carbons (Fsp3) is 0.200. The maximum Gasteiger partial charge on any atom is 0.168 e. The SMILES string of the molecule is Cc1ccc(Cl)cc1C(=O)CC=N. The summed E-state index contributed by atoms with van der Waals surface area (Å²) in [6, 6.07) is 5.19. The lowest BCUT2D eigenvalue weighted by Crippen LogP contribution is -2.01. The van der Waals surface area contributed by atoms with Gasteiger partial charge >= 0.3 is 0 Å². The van der Waals surface area contributed by atoms with Crippen LogP contribution in [-0.2, 0) is 0 Å². The molecule has 0 aliphatic heterocycles. The third-order valence-electron chi connectivity index (χ3n) is 1.79. The minimum atomic E-state index is -0.0602. The molecule has 0 bridgehead atoms. The highest BCUT2D eigenvalue weighted by atomic mass is 35.5. The molecule has 0 heterocycles. The third-order valence-corrected chi connectivity index (χ3v) is 2.02. The number of hydrogen-bond acceptors (Lipinski definition) is 2. The Morgan fingerprint density at radius 3 is 2.92 bits per heavy atom. The maximum absolute atomic E-state index is 11.4. The van der Waals surface area contributed by atoms with E-state index in [0.29, 0.717) is 10.6 Å². The molecule has 13 heavy (non-hydrogen) atoms. The predicted molar refractivity (Wildman–Crippen MR) is 53.9 cm³/mol. The summed E-state index contributed by atoms with van der Waals surface area (Å²) in [5, 5.41) is 7.38. The van der Waals surface area contributed by atoms with Gasteiger partial charge in [0.2, 0.25) is 0 Å². The van der Waals surface area contributed by atoms with Gasteiger partial charge < -0.3 is 5.41 Å². The molecule has 3 heteroatoms. The highest BCUT2D eigenvalue weighted by Crippen LogP contribution is 2.16. The molecule has 1 aromatic rings. The zero-order chi connectivity index (χ0) is 9.84. The van der Waals surface area contributed by atoms with Gasteiger partial charge in [-0.2, -0.15) is 0 Å². The van der Waals surface area contributed by atoms with E-state index in [0.717, 1.165) is 11.8 Å². The van der Waals surface area contributed by atoms with Crippen molar-refractivity contribution < 1.29 is 4.79 Å². The number of carbonyl (C=O) groups is 1. The average Bonchev–Trinajstić information content (AvgIpc) is 2.09. The van der Waals surface area contributed by atoms with E-state index < -0.39 is 0 Å². The molecule has 68 valence electrons. The molecule has 0 aliphatic carbocycles. The Kier molecular flexibility index (Phi) is 3.20. The number of rotatable bonds is 3. The highest BCUT2D eigenvalue weighted by Gasteiger charge is 2.07. The van der Waals surface area contributed by atoms with E-state index >= 15 is 0 Å². The largest absolute Gasteiger partial charge is 0.313 e. The molecule has 0 aliphatic rings. The van der Waals surface area contributed by atoms with E-state index in [1.54, 1.807) is 18.2 Å². The summed E-state index contributed by atoms with van der Waals surface area (Å²) in [6.45, 7) is 1.85. The van der Waals surface area contributed by atoms with Crippen LogP contribution in [-0.4, -0.2) is 12.0 Å². The van der Waals surface area contributed by atoms with Crippen molar-refractivity contribution in [2.24, 2.45) is 0 Å². The van der Waals surface area contributed by atoms with Crippen LogP contribution in [0.1, 0.15) is 22.3 Å². The van der Waals surface area contributed by atoms with Crippen molar-refractivity contribution >= 4 is 23.6 Å². The first-order chi connectivity index (χ1) is 6.15. The summed E-state index contributed by atoms with van der Waals surface area (Å²) in [7, 11) is 0. The molecular formula is C10H10ClNO. The Balaban J connectivity index is 3.05. The summed E-state index contributed by atoms with van der Waals surface area (Å²) in [4.78, 5) is 11.4. The van der Waals surface area contributed by atoms with Gasteiger partial charge in [0.05, 0.1) is 0 Å². The van der Waals surface area contributed by atoms with Crippen molar-refractivity contribution in [3.05, 3.63) is 34.3 Å². The van der Waals surface area contributed by atoms with Crippen molar-refractivity contribution in [3.63, 3.8) is 0 Å². The van der Waals surface area contributed by atoms with E-state index in [2.05, 4.69) is 0 Å². The summed E-state index contributed by atoms with van der Waals surface area (Å²) in [6.07, 6.45) is 1.24. The second-order valence-corrected chi connectivity index (χ2v) is 3.23. The second kappa shape index (κ2) is 4.19. The van der Waals surface area contributed by atoms with Crippen LogP contribution in [0.2, 0.25) is 5.02 Å². The maximum atomic E-state index is 11.4. The van der Waals surface area contributed by atoms with Gasteiger partial charge in [0.1, 0.15) is 0 Å². The minimum Gasteiger partial charge on any atom is -0.313 e. The number of halogens is 1. The molecule has 0 saturated carbocycles. The zero-order valence-electron chi connectivity index (χ0n) is 7.30. The monoisotopic (exact) mass is 195 g/mol. The molecular weight excluding hydrogens is 186 g/mol. The van der Waals surface area contributed by atoms with Crippen molar-refractivity contribution in [1.29, 1.82) is 5.41 Å². The topological polar surface area (TPSA) is 40.9 Å². The quantitative estimate of drug-likeness (QED) is 0.585. The number of nitrogens with one attached hydrogen (secondary N) is 1. The van der Waals surface area contributed by atoms with Crippen LogP contribution in [0.15, 0.2) is 18.2 Å². The standard InChI is InChI=1S/C10H10ClNO/c1-7-2-3-8(11)6-9(7)10(13)4-5-12/h2-3,5-6,12H,4H2,1H3. The van der Waals surface area contributed by atoms with Crippen LogP contribution in [0.4, 0.5) is 0 Å². The summed E-state index contributed by atoms with van der Waals surface area (Å²) in [5.41, 5.74) is 1.51. The first-order valence-corrected chi connectivity index (χ1v) is 4.31. The molecule has 1 rings (SSSR count). The molecule has 0 spiro atoms. The lowest BCUT2D eigenvalue weighted by atomic mass is 10.0. The van der Waals surface area contributed by atoms with E-state index in [-0.39, 0.29) is 12.2 Å². The molecule has 1 aromatic carbocycles. The first-order valence-electron chi connectivity index (χ1n) is 3.93. The van der Waals surface area contributed by atoms with Gasteiger partial charge in [0.15, 0.2) is 5.78 Å². The lowest BCUT2D eigenvalue weighted by molar-refractivity contribution is 0.100. The Labute approximate surface area is 82.0 Å². The van der Waals surface area contributed by atoms with Crippen LogP contribution < -0.4 is 0 Å². The number of benzene rings is 1. The zero-order valence-corrected chi connectivity index (χ0v) is 8.06. The molecule has 0 fully saturated rings. The molecule has 1 N–H and O–H groups in total. The Hall–Kier alpha value is -1.15. The van der Waals surface area contributed by atoms with Gasteiger partial charge in [-0.15, -0.1) is 0 Å². The molecule has 0 unspecified atom stereocenters. The van der Waals surface area contributed by atoms with E-state index in [1.165, 1.54) is 0 Å². The molecule has 0 radical (unpaired) electrons. The lowest BCUT2D eigenvalue weighted by Gasteiger charge is -2.02.